The summed E-state index contributed by atoms with van der Waals surface area (Å²) in [6.45, 7) is -9.07. The topological polar surface area (TPSA) is 60.4 Å². The van der Waals surface area contributed by atoms with Crippen molar-refractivity contribution < 1.29 is 45.3 Å². The van der Waals surface area contributed by atoms with Crippen LogP contribution in [0.1, 0.15) is 18.0 Å². The minimum atomic E-state index is -3.05. The number of hydrogen-bond donors (Lipinski definition) is 0. The molecule has 3 aromatic carbocycles. The predicted octanol–water partition coefficient (Wildman–Crippen LogP) is 6.74. The Morgan fingerprint density at radius 3 is 1.84 bits per heavy atom. The average molecular weight is 524 g/mol. The fraction of sp³-hybridized carbons (Fsp3) is 0.200. The van der Waals surface area contributed by atoms with Gasteiger partial charge < -0.3 is 14.2 Å². The van der Waals surface area contributed by atoms with E-state index in [-0.39, 0.29) is 29.4 Å². The van der Waals surface area contributed by atoms with E-state index in [1.807, 2.05) is 0 Å². The first-order chi connectivity index (χ1) is 17.7. The Morgan fingerprint density at radius 1 is 0.730 bits per heavy atom. The Labute approximate surface area is 206 Å². The van der Waals surface area contributed by atoms with Gasteiger partial charge >= 0.3 is 19.8 Å². The number of benzene rings is 3. The summed E-state index contributed by atoms with van der Waals surface area (Å²) in [5.41, 5.74) is 1.18. The normalized spacial score (nSPS) is 16.8. The molecule has 37 heavy (non-hydrogen) atoms. The lowest BCUT2D eigenvalue weighted by Crippen LogP contribution is -2.29. The molecule has 3 aromatic rings. The molecule has 0 spiro atoms. The third kappa shape index (κ3) is 6.51. The van der Waals surface area contributed by atoms with Crippen LogP contribution in [0.2, 0.25) is 0 Å². The molecule has 0 aliphatic carbocycles. The third-order valence-corrected chi connectivity index (χ3v) is 5.30. The number of rotatable bonds is 9. The van der Waals surface area contributed by atoms with Crippen molar-refractivity contribution in [2.75, 3.05) is 4.90 Å². The van der Waals surface area contributed by atoms with E-state index in [1.165, 1.54) is 71.6 Å². The second-order valence-electron chi connectivity index (χ2n) is 7.65. The van der Waals surface area contributed by atoms with Crippen LogP contribution < -0.4 is 19.1 Å². The zero-order chi connectivity index (χ0) is 26.5. The van der Waals surface area contributed by atoms with Crippen LogP contribution in [0.3, 0.4) is 0 Å². The van der Waals surface area contributed by atoms with Crippen LogP contribution in [0, 0.1) is 0 Å². The van der Waals surface area contributed by atoms with Crippen molar-refractivity contribution in [1.82, 2.24) is 0 Å². The summed E-state index contributed by atoms with van der Waals surface area (Å²) in [6, 6.07) is 15.8. The number of amides is 1. The Balaban J connectivity index is 1.68. The fourth-order valence-corrected chi connectivity index (χ4v) is 3.84. The zero-order valence-corrected chi connectivity index (χ0v) is 18.7. The van der Waals surface area contributed by atoms with E-state index in [1.54, 1.807) is 6.07 Å². The number of carbonyl (C=O) groups excluding carboxylic acids is 1. The number of aliphatic imine (C=N–C) groups is 1. The summed E-state index contributed by atoms with van der Waals surface area (Å²) in [4.78, 5) is 19.1. The summed E-state index contributed by atoms with van der Waals surface area (Å²) in [7, 11) is 0. The molecule has 4 rings (SSSR count). The van der Waals surface area contributed by atoms with E-state index in [2.05, 4.69) is 19.2 Å². The summed E-state index contributed by atoms with van der Waals surface area (Å²) < 4.78 is 88.5. The maximum atomic E-state index is 13.4. The molecule has 1 atom stereocenters. The number of halogens is 6. The van der Waals surface area contributed by atoms with Gasteiger partial charge in [0.2, 0.25) is 0 Å². The van der Waals surface area contributed by atoms with Gasteiger partial charge in [-0.25, -0.2) is 4.99 Å². The van der Waals surface area contributed by atoms with E-state index in [9.17, 15) is 31.1 Å². The highest BCUT2D eigenvalue weighted by Gasteiger charge is 2.39. The quantitative estimate of drug-likeness (QED) is 0.291. The molecule has 12 heteroatoms. The first kappa shape index (κ1) is 25.9. The minimum Gasteiger partial charge on any atom is -0.435 e. The molecule has 1 heterocycles. The van der Waals surface area contributed by atoms with Gasteiger partial charge in [0.1, 0.15) is 23.0 Å². The van der Waals surface area contributed by atoms with Gasteiger partial charge in [0.05, 0.1) is 11.7 Å². The number of anilines is 1. The van der Waals surface area contributed by atoms with Crippen LogP contribution >= 0.6 is 0 Å². The first-order valence-corrected chi connectivity index (χ1v) is 10.8. The van der Waals surface area contributed by atoms with Crippen LogP contribution in [0.5, 0.6) is 17.2 Å². The lowest BCUT2D eigenvalue weighted by atomic mass is 10.0. The van der Waals surface area contributed by atoms with Crippen LogP contribution in [-0.2, 0) is 4.79 Å². The maximum Gasteiger partial charge on any atom is 0.387 e. The van der Waals surface area contributed by atoms with Gasteiger partial charge in [0.15, 0.2) is 0 Å². The van der Waals surface area contributed by atoms with E-state index in [4.69, 9.17) is 0 Å². The highest BCUT2D eigenvalue weighted by Crippen LogP contribution is 2.38. The number of hydrogen-bond acceptors (Lipinski definition) is 5. The highest BCUT2D eigenvalue weighted by molar-refractivity contribution is 6.46. The number of alkyl halides is 6. The molecule has 0 radical (unpaired) electrons. The molecule has 0 bridgehead atoms. The van der Waals surface area contributed by atoms with E-state index < -0.39 is 31.8 Å². The van der Waals surface area contributed by atoms with Crippen molar-refractivity contribution in [2.24, 2.45) is 4.99 Å². The third-order valence-electron chi connectivity index (χ3n) is 5.30. The fourth-order valence-electron chi connectivity index (χ4n) is 3.84. The van der Waals surface area contributed by atoms with Crippen molar-refractivity contribution in [1.29, 1.82) is 0 Å². The molecular formula is C25H18F6N2O4. The smallest absolute Gasteiger partial charge is 0.387 e. The standard InChI is InChI=1S/C25H18F6N2O4/c26-23(27)35-17-8-4-15(5-9-17)32-20-13-21(14-2-1-3-19(12-14)37-25(30)31)33(22(20)34)16-6-10-18(11-7-16)36-24(28)29/h1-12,21,23-25H,13H2. The predicted molar refractivity (Wildman–Crippen MR) is 121 cm³/mol. The van der Waals surface area contributed by atoms with Crippen LogP contribution in [0.4, 0.5) is 37.7 Å². The van der Waals surface area contributed by atoms with E-state index in [0.717, 1.165) is 0 Å². The molecule has 1 unspecified atom stereocenters. The Morgan fingerprint density at radius 2 is 1.27 bits per heavy atom. The molecule has 1 aliphatic heterocycles. The molecular weight excluding hydrogens is 506 g/mol. The molecule has 0 N–H and O–H groups in total. The molecule has 6 nitrogen and oxygen atoms in total. The molecule has 0 saturated carbocycles. The van der Waals surface area contributed by atoms with Gasteiger partial charge in [-0.15, -0.1) is 0 Å². The van der Waals surface area contributed by atoms with E-state index >= 15 is 0 Å². The lowest BCUT2D eigenvalue weighted by molar-refractivity contribution is -0.112. The van der Waals surface area contributed by atoms with E-state index in [0.29, 0.717) is 16.9 Å². The van der Waals surface area contributed by atoms with Crippen molar-refractivity contribution in [2.45, 2.75) is 32.3 Å². The SMILES string of the molecule is O=C1C(=Nc2ccc(OC(F)F)cc2)CC(c2cccc(OC(F)F)c2)N1c1ccc(OC(F)F)cc1. The van der Waals surface area contributed by atoms with Gasteiger partial charge in [-0.3, -0.25) is 9.69 Å². The van der Waals surface area contributed by atoms with Crippen LogP contribution in [0.15, 0.2) is 77.8 Å². The second-order valence-corrected chi connectivity index (χ2v) is 7.65. The maximum absolute atomic E-state index is 13.4. The molecule has 0 aromatic heterocycles. The summed E-state index contributed by atoms with van der Waals surface area (Å²) >= 11 is 0. The first-order valence-electron chi connectivity index (χ1n) is 10.8. The van der Waals surface area contributed by atoms with Gasteiger partial charge in [-0.2, -0.15) is 26.3 Å². The summed E-state index contributed by atoms with van der Waals surface area (Å²) in [5.74, 6) is -0.839. The Bertz CT molecular complexity index is 1250. The molecule has 194 valence electrons. The minimum absolute atomic E-state index is 0.0571. The average Bonchev–Trinajstić information content (AvgIpc) is 3.16. The number of carbonyl (C=O) groups is 1. The van der Waals surface area contributed by atoms with Crippen LogP contribution in [0.25, 0.3) is 0 Å². The highest BCUT2D eigenvalue weighted by atomic mass is 19.3. The zero-order valence-electron chi connectivity index (χ0n) is 18.7. The summed E-state index contributed by atoms with van der Waals surface area (Å²) in [5, 5.41) is 0. The molecule has 1 aliphatic rings. The lowest BCUT2D eigenvalue weighted by Gasteiger charge is -2.25. The van der Waals surface area contributed by atoms with Gasteiger partial charge in [0.25, 0.3) is 5.91 Å². The molecule has 1 amide bonds. The molecule has 1 fully saturated rings. The Hall–Kier alpha value is -4.22. The number of nitrogens with zero attached hydrogens (tertiary/aromatic N) is 2. The number of ether oxygens (including phenoxy) is 3. The molecule has 1 saturated heterocycles. The largest absolute Gasteiger partial charge is 0.435 e. The van der Waals surface area contributed by atoms with Gasteiger partial charge in [0, 0.05) is 12.1 Å². The van der Waals surface area contributed by atoms with Crippen molar-refractivity contribution in [3.8, 4) is 17.2 Å². The summed E-state index contributed by atoms with van der Waals surface area (Å²) in [6.07, 6.45) is 0.0571. The van der Waals surface area contributed by atoms with Gasteiger partial charge in [-0.1, -0.05) is 12.1 Å². The monoisotopic (exact) mass is 524 g/mol. The van der Waals surface area contributed by atoms with Crippen molar-refractivity contribution in [3.63, 3.8) is 0 Å². The van der Waals surface area contributed by atoms with Gasteiger partial charge in [-0.05, 0) is 66.2 Å². The second kappa shape index (κ2) is 11.2. The Kier molecular flexibility index (Phi) is 7.85. The van der Waals surface area contributed by atoms with Crippen molar-refractivity contribution in [3.05, 3.63) is 78.4 Å². The van der Waals surface area contributed by atoms with Crippen LogP contribution in [-0.4, -0.2) is 31.5 Å². The van der Waals surface area contributed by atoms with Crippen molar-refractivity contribution >= 4 is 23.0 Å².